The van der Waals surface area contributed by atoms with E-state index < -0.39 is 11.5 Å². The minimum absolute atomic E-state index is 0.101. The van der Waals surface area contributed by atoms with Crippen LogP contribution in [0.2, 0.25) is 5.02 Å². The monoisotopic (exact) mass is 490 g/mol. The summed E-state index contributed by atoms with van der Waals surface area (Å²) in [5, 5.41) is 13.9. The van der Waals surface area contributed by atoms with E-state index in [-0.39, 0.29) is 11.9 Å². The van der Waals surface area contributed by atoms with Gasteiger partial charge in [-0.1, -0.05) is 48.0 Å². The Morgan fingerprint density at radius 2 is 1.63 bits per heavy atom. The molecule has 3 aromatic carbocycles. The van der Waals surface area contributed by atoms with Gasteiger partial charge in [0.15, 0.2) is 0 Å². The van der Waals surface area contributed by atoms with Crippen molar-refractivity contribution in [3.05, 3.63) is 87.4 Å². The third-order valence-electron chi connectivity index (χ3n) is 7.08. The lowest BCUT2D eigenvalue weighted by Crippen LogP contribution is -2.45. The van der Waals surface area contributed by atoms with Crippen molar-refractivity contribution in [3.8, 4) is 11.1 Å². The van der Waals surface area contributed by atoms with Gasteiger partial charge in [-0.25, -0.2) is 4.79 Å². The fourth-order valence-electron chi connectivity index (χ4n) is 4.70. The number of hydrogen-bond donors (Lipinski definition) is 2. The topological polar surface area (TPSA) is 69.6 Å². The molecule has 1 unspecified atom stereocenters. The van der Waals surface area contributed by atoms with Crippen LogP contribution in [0.5, 0.6) is 0 Å². The van der Waals surface area contributed by atoms with Crippen LogP contribution in [-0.2, 0) is 4.79 Å². The molecule has 0 heterocycles. The normalized spacial score (nSPS) is 14.8. The molecule has 0 aliphatic heterocycles. The highest BCUT2D eigenvalue weighted by molar-refractivity contribution is 6.31. The van der Waals surface area contributed by atoms with Gasteiger partial charge in [0, 0.05) is 29.4 Å². The summed E-state index contributed by atoms with van der Waals surface area (Å²) in [6, 6.07) is 18.4. The van der Waals surface area contributed by atoms with E-state index in [0.29, 0.717) is 18.4 Å². The van der Waals surface area contributed by atoms with Crippen molar-refractivity contribution in [2.75, 3.05) is 12.4 Å². The first-order chi connectivity index (χ1) is 16.5. The van der Waals surface area contributed by atoms with Crippen LogP contribution in [0.15, 0.2) is 54.6 Å². The van der Waals surface area contributed by atoms with E-state index in [1.54, 1.807) is 7.05 Å². The fourth-order valence-corrected chi connectivity index (χ4v) is 4.82. The van der Waals surface area contributed by atoms with Gasteiger partial charge in [0.1, 0.15) is 5.54 Å². The molecule has 1 amide bonds. The SMILES string of the molecule is Cc1cc(C(C)Nc2cccc(-c3cc(C)c(C(=O)N(C)C4(C(=O)O)CC4)c(C)c3)c2)ccc1Cl. The summed E-state index contributed by atoms with van der Waals surface area (Å²) in [6.07, 6.45) is 0.989. The summed E-state index contributed by atoms with van der Waals surface area (Å²) in [5.41, 5.74) is 6.44. The molecule has 0 radical (unpaired) electrons. The lowest BCUT2D eigenvalue weighted by Gasteiger charge is -2.26. The number of benzene rings is 3. The predicted molar refractivity (Wildman–Crippen MR) is 141 cm³/mol. The molecular formula is C29H31ClN2O3. The first-order valence-electron chi connectivity index (χ1n) is 11.8. The molecule has 2 N–H and O–H groups in total. The first kappa shape index (κ1) is 24.8. The highest BCUT2D eigenvalue weighted by atomic mass is 35.5. The molecule has 0 spiro atoms. The number of amides is 1. The van der Waals surface area contributed by atoms with Crippen LogP contribution in [0, 0.1) is 20.8 Å². The summed E-state index contributed by atoms with van der Waals surface area (Å²) >= 11 is 6.18. The van der Waals surface area contributed by atoms with E-state index in [4.69, 9.17) is 11.6 Å². The van der Waals surface area contributed by atoms with Gasteiger partial charge in [-0.2, -0.15) is 0 Å². The van der Waals surface area contributed by atoms with Gasteiger partial charge in [0.2, 0.25) is 0 Å². The van der Waals surface area contributed by atoms with Crippen LogP contribution < -0.4 is 5.32 Å². The average Bonchev–Trinajstić information content (AvgIpc) is 3.62. The molecular weight excluding hydrogens is 460 g/mol. The molecule has 4 rings (SSSR count). The number of rotatable bonds is 7. The maximum atomic E-state index is 13.2. The van der Waals surface area contributed by atoms with Gasteiger partial charge >= 0.3 is 5.97 Å². The second-order valence-corrected chi connectivity index (χ2v) is 10.0. The molecule has 0 bridgehead atoms. The van der Waals surface area contributed by atoms with Crippen molar-refractivity contribution in [2.24, 2.45) is 0 Å². The van der Waals surface area contributed by atoms with Crippen LogP contribution in [0.4, 0.5) is 5.69 Å². The van der Waals surface area contributed by atoms with Crippen LogP contribution in [0.3, 0.4) is 0 Å². The Balaban J connectivity index is 1.58. The highest BCUT2D eigenvalue weighted by Gasteiger charge is 2.55. The Labute approximate surface area is 211 Å². The maximum Gasteiger partial charge on any atom is 0.329 e. The van der Waals surface area contributed by atoms with Crippen LogP contribution in [-0.4, -0.2) is 34.5 Å². The minimum atomic E-state index is -1.06. The Hall–Kier alpha value is -3.31. The zero-order chi connectivity index (χ0) is 25.5. The molecule has 3 aromatic rings. The van der Waals surface area contributed by atoms with Crippen LogP contribution >= 0.6 is 11.6 Å². The summed E-state index contributed by atoms with van der Waals surface area (Å²) in [5.74, 6) is -1.18. The quantitative estimate of drug-likeness (QED) is 0.382. The molecule has 6 heteroatoms. The Morgan fingerprint density at radius 1 is 0.971 bits per heavy atom. The van der Waals surface area contributed by atoms with Crippen LogP contribution in [0.1, 0.15) is 58.4 Å². The van der Waals surface area contributed by atoms with Crippen molar-refractivity contribution in [1.29, 1.82) is 0 Å². The Morgan fingerprint density at radius 3 is 2.20 bits per heavy atom. The molecule has 1 atom stereocenters. The Bertz CT molecular complexity index is 1290. The second kappa shape index (κ2) is 9.38. The van der Waals surface area contributed by atoms with Crippen molar-refractivity contribution in [2.45, 2.75) is 52.1 Å². The van der Waals surface area contributed by atoms with Crippen molar-refractivity contribution in [1.82, 2.24) is 4.90 Å². The highest BCUT2D eigenvalue weighted by Crippen LogP contribution is 2.42. The van der Waals surface area contributed by atoms with E-state index >= 15 is 0 Å². The number of carbonyl (C=O) groups excluding carboxylic acids is 1. The van der Waals surface area contributed by atoms with Crippen molar-refractivity contribution < 1.29 is 14.7 Å². The number of carbonyl (C=O) groups is 2. The van der Waals surface area contributed by atoms with E-state index in [2.05, 4.69) is 24.4 Å². The standard InChI is InChI=1S/C29H31ClN2O3/c1-17-13-21(9-10-25(17)30)20(4)31-24-8-6-7-22(16-24)23-14-18(2)26(19(3)15-23)27(33)32(5)29(11-12-29)28(34)35/h6-10,13-16,20,31H,11-12H2,1-5H3,(H,34,35). The minimum Gasteiger partial charge on any atom is -0.479 e. The lowest BCUT2D eigenvalue weighted by atomic mass is 9.94. The van der Waals surface area contributed by atoms with E-state index in [1.165, 1.54) is 4.90 Å². The molecule has 1 fully saturated rings. The zero-order valence-electron chi connectivity index (χ0n) is 20.8. The van der Waals surface area contributed by atoms with Gasteiger partial charge in [-0.05, 0) is 92.1 Å². The van der Waals surface area contributed by atoms with Crippen LogP contribution in [0.25, 0.3) is 11.1 Å². The lowest BCUT2D eigenvalue weighted by molar-refractivity contribution is -0.143. The molecule has 35 heavy (non-hydrogen) atoms. The van der Waals surface area contributed by atoms with Crippen molar-refractivity contribution in [3.63, 3.8) is 0 Å². The summed E-state index contributed by atoms with van der Waals surface area (Å²) in [7, 11) is 1.59. The number of hydrogen-bond acceptors (Lipinski definition) is 3. The van der Waals surface area contributed by atoms with Gasteiger partial charge in [-0.15, -0.1) is 0 Å². The predicted octanol–water partition coefficient (Wildman–Crippen LogP) is 6.79. The number of nitrogens with one attached hydrogen (secondary N) is 1. The Kier molecular flexibility index (Phi) is 6.65. The zero-order valence-corrected chi connectivity index (χ0v) is 21.5. The third kappa shape index (κ3) is 4.78. The third-order valence-corrected chi connectivity index (χ3v) is 7.50. The van der Waals surface area contributed by atoms with E-state index in [0.717, 1.165) is 44.1 Å². The second-order valence-electron chi connectivity index (χ2n) is 9.64. The molecule has 1 saturated carbocycles. The number of anilines is 1. The van der Waals surface area contributed by atoms with Crippen molar-refractivity contribution >= 4 is 29.2 Å². The number of aliphatic carboxylic acids is 1. The number of likely N-dealkylation sites (N-methyl/N-ethyl adjacent to an activating group) is 1. The molecule has 0 aromatic heterocycles. The number of aryl methyl sites for hydroxylation is 3. The number of halogens is 1. The smallest absolute Gasteiger partial charge is 0.329 e. The van der Waals surface area contributed by atoms with E-state index in [9.17, 15) is 14.7 Å². The van der Waals surface area contributed by atoms with Gasteiger partial charge in [0.05, 0.1) is 0 Å². The fraction of sp³-hybridized carbons (Fsp3) is 0.310. The molecule has 182 valence electrons. The molecule has 0 saturated heterocycles. The number of carboxylic acids is 1. The molecule has 5 nitrogen and oxygen atoms in total. The van der Waals surface area contributed by atoms with Gasteiger partial charge in [0.25, 0.3) is 5.91 Å². The number of carboxylic acid groups (broad SMARTS) is 1. The maximum absolute atomic E-state index is 13.2. The van der Waals surface area contributed by atoms with E-state index in [1.807, 2.05) is 63.2 Å². The largest absolute Gasteiger partial charge is 0.479 e. The summed E-state index contributed by atoms with van der Waals surface area (Å²) in [4.78, 5) is 26.3. The average molecular weight is 491 g/mol. The van der Waals surface area contributed by atoms with Gasteiger partial charge in [-0.3, -0.25) is 4.79 Å². The van der Waals surface area contributed by atoms with Gasteiger partial charge < -0.3 is 15.3 Å². The number of nitrogens with zero attached hydrogens (tertiary/aromatic N) is 1. The molecule has 1 aliphatic rings. The summed E-state index contributed by atoms with van der Waals surface area (Å²) < 4.78 is 0. The molecule has 1 aliphatic carbocycles. The summed E-state index contributed by atoms with van der Waals surface area (Å²) in [6.45, 7) is 7.93. The first-order valence-corrected chi connectivity index (χ1v) is 12.2.